The molecule has 0 aliphatic rings. The lowest BCUT2D eigenvalue weighted by Crippen LogP contribution is -2.35. The van der Waals surface area contributed by atoms with Gasteiger partial charge in [-0.25, -0.2) is 0 Å². The summed E-state index contributed by atoms with van der Waals surface area (Å²) in [6, 6.07) is 3.29. The number of ether oxygens (including phenoxy) is 3. The highest BCUT2D eigenvalue weighted by molar-refractivity contribution is 5.52. The van der Waals surface area contributed by atoms with Crippen molar-refractivity contribution >= 4 is 0 Å². The molecule has 6 nitrogen and oxygen atoms in total. The van der Waals surface area contributed by atoms with Gasteiger partial charge in [0.2, 0.25) is 5.75 Å². The van der Waals surface area contributed by atoms with Gasteiger partial charge in [0.1, 0.15) is 0 Å². The molecular weight excluding hydrogens is 250 g/mol. The van der Waals surface area contributed by atoms with Crippen molar-refractivity contribution in [3.63, 3.8) is 0 Å². The van der Waals surface area contributed by atoms with Gasteiger partial charge in [-0.1, -0.05) is 0 Å². The number of hydrogen-bond donors (Lipinski definition) is 3. The summed E-state index contributed by atoms with van der Waals surface area (Å²) < 4.78 is 15.1. The molecule has 1 unspecified atom stereocenters. The first-order chi connectivity index (χ1) is 9.15. The van der Waals surface area contributed by atoms with Crippen molar-refractivity contribution in [3.05, 3.63) is 17.7 Å². The van der Waals surface area contributed by atoms with Gasteiger partial charge in [-0.15, -0.1) is 0 Å². The van der Waals surface area contributed by atoms with Crippen LogP contribution in [0.3, 0.4) is 0 Å². The fraction of sp³-hybridized carbons (Fsp3) is 0.538. The minimum absolute atomic E-state index is 0.0137. The van der Waals surface area contributed by atoms with Crippen LogP contribution in [-0.2, 0) is 11.3 Å². The van der Waals surface area contributed by atoms with Gasteiger partial charge in [-0.2, -0.15) is 0 Å². The Labute approximate surface area is 112 Å². The van der Waals surface area contributed by atoms with Crippen LogP contribution in [0.25, 0.3) is 0 Å². The quantitative estimate of drug-likeness (QED) is 0.639. The van der Waals surface area contributed by atoms with Crippen LogP contribution in [0.5, 0.6) is 17.2 Å². The first kappa shape index (κ1) is 15.6. The predicted octanol–water partition coefficient (Wildman–Crippen LogP) is 0.506. The van der Waals surface area contributed by atoms with Gasteiger partial charge in [0.15, 0.2) is 11.5 Å². The number of phenolic OH excluding ortho intramolecular Hbond substituents is 1. The van der Waals surface area contributed by atoms with E-state index in [0.717, 1.165) is 5.56 Å². The highest BCUT2D eigenvalue weighted by Gasteiger charge is 2.12. The number of benzene rings is 1. The molecule has 0 radical (unpaired) electrons. The van der Waals surface area contributed by atoms with Crippen molar-refractivity contribution in [3.8, 4) is 17.2 Å². The van der Waals surface area contributed by atoms with Gasteiger partial charge >= 0.3 is 0 Å². The number of aliphatic hydroxyl groups is 1. The zero-order valence-corrected chi connectivity index (χ0v) is 11.5. The molecule has 0 aliphatic heterocycles. The Morgan fingerprint density at radius 2 is 1.74 bits per heavy atom. The van der Waals surface area contributed by atoms with Gasteiger partial charge in [-0.3, -0.25) is 0 Å². The molecule has 0 heterocycles. The van der Waals surface area contributed by atoms with Crippen molar-refractivity contribution in [2.24, 2.45) is 0 Å². The second-order valence-corrected chi connectivity index (χ2v) is 4.06. The summed E-state index contributed by atoms with van der Waals surface area (Å²) in [7, 11) is 4.54. The van der Waals surface area contributed by atoms with Gasteiger partial charge in [0, 0.05) is 13.7 Å². The van der Waals surface area contributed by atoms with E-state index in [1.54, 1.807) is 19.2 Å². The van der Waals surface area contributed by atoms with Crippen molar-refractivity contribution in [2.75, 3.05) is 34.5 Å². The van der Waals surface area contributed by atoms with E-state index in [1.165, 1.54) is 14.2 Å². The molecule has 0 aromatic heterocycles. The lowest BCUT2D eigenvalue weighted by Gasteiger charge is -2.16. The van der Waals surface area contributed by atoms with Gasteiger partial charge < -0.3 is 29.7 Å². The summed E-state index contributed by atoms with van der Waals surface area (Å²) in [6.07, 6.45) is 0. The molecule has 0 bridgehead atoms. The number of aliphatic hydroxyl groups excluding tert-OH is 1. The van der Waals surface area contributed by atoms with Crippen molar-refractivity contribution in [1.29, 1.82) is 0 Å². The maximum Gasteiger partial charge on any atom is 0.200 e. The normalized spacial score (nSPS) is 12.2. The summed E-state index contributed by atoms with van der Waals surface area (Å²) in [5.41, 5.74) is 0.876. The number of aromatic hydroxyl groups is 1. The summed E-state index contributed by atoms with van der Waals surface area (Å²) >= 11 is 0. The first-order valence-corrected chi connectivity index (χ1v) is 5.93. The molecule has 19 heavy (non-hydrogen) atoms. The summed E-state index contributed by atoms with van der Waals surface area (Å²) in [4.78, 5) is 0. The molecule has 1 rings (SSSR count). The minimum Gasteiger partial charge on any atom is -0.502 e. The van der Waals surface area contributed by atoms with Crippen molar-refractivity contribution < 1.29 is 24.4 Å². The maximum absolute atomic E-state index is 9.79. The van der Waals surface area contributed by atoms with Crippen LogP contribution < -0.4 is 14.8 Å². The maximum atomic E-state index is 9.79. The largest absolute Gasteiger partial charge is 0.502 e. The van der Waals surface area contributed by atoms with Crippen molar-refractivity contribution in [2.45, 2.75) is 12.6 Å². The van der Waals surface area contributed by atoms with Gasteiger partial charge in [-0.05, 0) is 17.7 Å². The van der Waals surface area contributed by atoms with Gasteiger partial charge in [0.05, 0.1) is 33.5 Å². The second kappa shape index (κ2) is 7.83. The molecule has 0 aliphatic carbocycles. The van der Waals surface area contributed by atoms with Crippen LogP contribution in [0.4, 0.5) is 0 Å². The zero-order chi connectivity index (χ0) is 14.3. The molecule has 3 N–H and O–H groups in total. The highest BCUT2D eigenvalue weighted by atomic mass is 16.5. The molecule has 1 atom stereocenters. The number of hydrogen-bond acceptors (Lipinski definition) is 6. The Kier molecular flexibility index (Phi) is 6.41. The molecule has 6 heteroatoms. The van der Waals surface area contributed by atoms with Crippen LogP contribution in [0.2, 0.25) is 0 Å². The molecule has 0 spiro atoms. The smallest absolute Gasteiger partial charge is 0.200 e. The van der Waals surface area contributed by atoms with Crippen LogP contribution in [0, 0.1) is 0 Å². The molecule has 1 aromatic carbocycles. The third-order valence-electron chi connectivity index (χ3n) is 2.72. The topological polar surface area (TPSA) is 80.2 Å². The Balaban J connectivity index is 2.77. The number of rotatable bonds is 8. The van der Waals surface area contributed by atoms with E-state index in [9.17, 15) is 5.11 Å². The molecule has 108 valence electrons. The van der Waals surface area contributed by atoms with Gasteiger partial charge in [0.25, 0.3) is 0 Å². The van der Waals surface area contributed by atoms with E-state index in [2.05, 4.69) is 5.32 Å². The van der Waals surface area contributed by atoms with E-state index in [4.69, 9.17) is 19.3 Å². The molecule has 0 amide bonds. The molecule has 1 aromatic rings. The zero-order valence-electron chi connectivity index (χ0n) is 11.5. The molecular formula is C13H21NO5. The van der Waals surface area contributed by atoms with Crippen LogP contribution >= 0.6 is 0 Å². The van der Waals surface area contributed by atoms with E-state index >= 15 is 0 Å². The first-order valence-electron chi connectivity index (χ1n) is 5.93. The van der Waals surface area contributed by atoms with Crippen LogP contribution in [-0.4, -0.2) is 50.8 Å². The Hall–Kier alpha value is -1.50. The minimum atomic E-state index is -0.143. The van der Waals surface area contributed by atoms with Crippen LogP contribution in [0.1, 0.15) is 5.56 Å². The third kappa shape index (κ3) is 4.27. The summed E-state index contributed by atoms with van der Waals surface area (Å²) in [5.74, 6) is 0.677. The number of methoxy groups -OCH3 is 3. The average Bonchev–Trinajstić information content (AvgIpc) is 2.44. The molecule has 0 saturated heterocycles. The fourth-order valence-electron chi connectivity index (χ4n) is 1.69. The standard InChI is InChI=1S/C13H21NO5/c1-17-8-10(7-15)14-6-9-4-11(18-2)13(16)12(5-9)19-3/h4-5,10,14-16H,6-8H2,1-3H3. The third-order valence-corrected chi connectivity index (χ3v) is 2.72. The monoisotopic (exact) mass is 271 g/mol. The SMILES string of the molecule is COCC(CO)NCc1cc(OC)c(O)c(OC)c1. The number of phenols is 1. The Bertz CT molecular complexity index is 372. The van der Waals surface area contributed by atoms with E-state index < -0.39 is 0 Å². The Morgan fingerprint density at radius 1 is 1.16 bits per heavy atom. The predicted molar refractivity (Wildman–Crippen MR) is 70.8 cm³/mol. The van der Waals surface area contributed by atoms with Crippen molar-refractivity contribution in [1.82, 2.24) is 5.32 Å². The molecule has 0 fully saturated rings. The fourth-order valence-corrected chi connectivity index (χ4v) is 1.69. The molecule has 0 saturated carbocycles. The highest BCUT2D eigenvalue weighted by Crippen LogP contribution is 2.36. The Morgan fingerprint density at radius 3 is 2.16 bits per heavy atom. The van der Waals surface area contributed by atoms with Crippen LogP contribution in [0.15, 0.2) is 12.1 Å². The van der Waals surface area contributed by atoms with E-state index in [0.29, 0.717) is 24.7 Å². The second-order valence-electron chi connectivity index (χ2n) is 4.06. The lowest BCUT2D eigenvalue weighted by molar-refractivity contribution is 0.128. The van der Waals surface area contributed by atoms with E-state index in [-0.39, 0.29) is 18.4 Å². The summed E-state index contributed by atoms with van der Waals surface area (Å²) in [5, 5.41) is 22.1. The lowest BCUT2D eigenvalue weighted by atomic mass is 10.1. The number of nitrogens with one attached hydrogen (secondary N) is 1. The average molecular weight is 271 g/mol. The van der Waals surface area contributed by atoms with E-state index in [1.807, 2.05) is 0 Å². The summed E-state index contributed by atoms with van der Waals surface area (Å²) in [6.45, 7) is 0.907.